The Bertz CT molecular complexity index is 148. The topological polar surface area (TPSA) is 24.5 Å². The lowest BCUT2D eigenvalue weighted by Crippen LogP contribution is -2.44. The number of nitrogens with one attached hydrogen (secondary N) is 1. The van der Waals surface area contributed by atoms with E-state index < -0.39 is 0 Å². The second kappa shape index (κ2) is 7.20. The molecule has 3 nitrogen and oxygen atoms in total. The van der Waals surface area contributed by atoms with Crippen LogP contribution >= 0.6 is 0 Å². The Labute approximate surface area is 95.2 Å². The largest absolute Gasteiger partial charge is 0.383 e. The fourth-order valence-corrected chi connectivity index (χ4v) is 1.92. The summed E-state index contributed by atoms with van der Waals surface area (Å²) in [6, 6.07) is 0.437. The Morgan fingerprint density at radius 3 is 2.33 bits per heavy atom. The van der Waals surface area contributed by atoms with Crippen LogP contribution in [0.25, 0.3) is 0 Å². The highest BCUT2D eigenvalue weighted by Crippen LogP contribution is 2.14. The summed E-state index contributed by atoms with van der Waals surface area (Å²) in [5, 5.41) is 3.43. The molecule has 0 fully saturated rings. The van der Waals surface area contributed by atoms with Crippen molar-refractivity contribution in [2.45, 2.75) is 33.7 Å². The van der Waals surface area contributed by atoms with Gasteiger partial charge < -0.3 is 15.0 Å². The van der Waals surface area contributed by atoms with Crippen LogP contribution in [0.4, 0.5) is 0 Å². The van der Waals surface area contributed by atoms with Crippen LogP contribution in [0.3, 0.4) is 0 Å². The van der Waals surface area contributed by atoms with Crippen molar-refractivity contribution in [3.63, 3.8) is 0 Å². The lowest BCUT2D eigenvalue weighted by Gasteiger charge is -2.29. The molecule has 0 saturated heterocycles. The van der Waals surface area contributed by atoms with Gasteiger partial charge in [-0.1, -0.05) is 27.7 Å². The third-order valence-corrected chi connectivity index (χ3v) is 2.14. The number of rotatable bonds is 7. The first-order valence-corrected chi connectivity index (χ1v) is 5.80. The van der Waals surface area contributed by atoms with Gasteiger partial charge in [0, 0.05) is 26.2 Å². The minimum Gasteiger partial charge on any atom is -0.383 e. The molecular weight excluding hydrogens is 188 g/mol. The lowest BCUT2D eigenvalue weighted by atomic mass is 9.96. The molecule has 0 aliphatic rings. The molecule has 3 heteroatoms. The Kier molecular flexibility index (Phi) is 7.14. The molecule has 15 heavy (non-hydrogen) atoms. The maximum absolute atomic E-state index is 5.20. The Morgan fingerprint density at radius 1 is 1.33 bits per heavy atom. The van der Waals surface area contributed by atoms with Gasteiger partial charge in [0.1, 0.15) is 0 Å². The minimum absolute atomic E-state index is 0.360. The van der Waals surface area contributed by atoms with Crippen molar-refractivity contribution in [3.05, 3.63) is 0 Å². The number of hydrogen-bond donors (Lipinski definition) is 1. The third kappa shape index (κ3) is 8.85. The van der Waals surface area contributed by atoms with E-state index >= 15 is 0 Å². The van der Waals surface area contributed by atoms with E-state index in [1.54, 1.807) is 7.11 Å². The van der Waals surface area contributed by atoms with Crippen LogP contribution in [0, 0.1) is 5.41 Å². The average Bonchev–Trinajstić information content (AvgIpc) is 2.00. The van der Waals surface area contributed by atoms with Gasteiger partial charge in [0.05, 0.1) is 6.61 Å². The molecule has 0 rings (SSSR count). The zero-order chi connectivity index (χ0) is 11.9. The fraction of sp³-hybridized carbons (Fsp3) is 1.00. The second-order valence-corrected chi connectivity index (χ2v) is 5.47. The quantitative estimate of drug-likeness (QED) is 0.699. The normalized spacial score (nSPS) is 14.6. The third-order valence-electron chi connectivity index (χ3n) is 2.14. The number of methoxy groups -OCH3 is 1. The molecule has 0 bridgehead atoms. The maximum atomic E-state index is 5.20. The van der Waals surface area contributed by atoms with Crippen molar-refractivity contribution in [2.75, 3.05) is 40.4 Å². The Balaban J connectivity index is 3.93. The summed E-state index contributed by atoms with van der Waals surface area (Å²) >= 11 is 0. The molecule has 1 N–H and O–H groups in total. The first-order valence-electron chi connectivity index (χ1n) is 5.80. The highest BCUT2D eigenvalue weighted by atomic mass is 16.5. The molecule has 0 aromatic carbocycles. The van der Waals surface area contributed by atoms with E-state index in [1.165, 1.54) is 0 Å². The molecule has 0 saturated carbocycles. The predicted octanol–water partition coefficient (Wildman–Crippen LogP) is 1.59. The van der Waals surface area contributed by atoms with E-state index in [-0.39, 0.29) is 0 Å². The van der Waals surface area contributed by atoms with E-state index in [9.17, 15) is 0 Å². The second-order valence-electron chi connectivity index (χ2n) is 5.47. The van der Waals surface area contributed by atoms with Gasteiger partial charge in [-0.15, -0.1) is 0 Å². The summed E-state index contributed by atoms with van der Waals surface area (Å²) in [5.41, 5.74) is 0.360. The van der Waals surface area contributed by atoms with Crippen LogP contribution in [0.1, 0.15) is 27.7 Å². The summed E-state index contributed by atoms with van der Waals surface area (Å²) in [5.74, 6) is 0. The highest BCUT2D eigenvalue weighted by molar-refractivity contribution is 4.73. The van der Waals surface area contributed by atoms with E-state index in [0.717, 1.165) is 26.2 Å². The molecule has 0 heterocycles. The van der Waals surface area contributed by atoms with Gasteiger partial charge in [-0.05, 0) is 19.0 Å². The monoisotopic (exact) mass is 216 g/mol. The molecular formula is C12H28N2O. The Morgan fingerprint density at radius 2 is 1.93 bits per heavy atom. The van der Waals surface area contributed by atoms with Crippen LogP contribution < -0.4 is 5.32 Å². The number of ether oxygens (including phenoxy) is 1. The summed E-state index contributed by atoms with van der Waals surface area (Å²) in [6.45, 7) is 12.9. The average molecular weight is 216 g/mol. The molecule has 0 aromatic rings. The molecule has 0 amide bonds. The van der Waals surface area contributed by atoms with Crippen LogP contribution in [-0.4, -0.2) is 51.3 Å². The molecule has 0 aliphatic carbocycles. The first kappa shape index (κ1) is 14.9. The zero-order valence-electron chi connectivity index (χ0n) is 11.3. The number of nitrogens with zero attached hydrogens (tertiary/aromatic N) is 1. The van der Waals surface area contributed by atoms with Crippen molar-refractivity contribution in [1.29, 1.82) is 0 Å². The van der Waals surface area contributed by atoms with E-state index in [4.69, 9.17) is 4.74 Å². The zero-order valence-corrected chi connectivity index (χ0v) is 11.3. The molecule has 92 valence electrons. The SMILES string of the molecule is CCNC(COC)CN(C)CC(C)(C)C. The van der Waals surface area contributed by atoms with E-state index in [2.05, 4.69) is 45.0 Å². The molecule has 0 aliphatic heterocycles. The maximum Gasteiger partial charge on any atom is 0.0628 e. The summed E-state index contributed by atoms with van der Waals surface area (Å²) < 4.78 is 5.20. The smallest absolute Gasteiger partial charge is 0.0628 e. The van der Waals surface area contributed by atoms with Crippen LogP contribution in [0.2, 0.25) is 0 Å². The van der Waals surface area contributed by atoms with E-state index in [1.807, 2.05) is 0 Å². The predicted molar refractivity (Wildman–Crippen MR) is 66.3 cm³/mol. The fourth-order valence-electron chi connectivity index (χ4n) is 1.92. The van der Waals surface area contributed by atoms with Gasteiger partial charge in [0.2, 0.25) is 0 Å². The molecule has 0 spiro atoms. The van der Waals surface area contributed by atoms with Gasteiger partial charge >= 0.3 is 0 Å². The van der Waals surface area contributed by atoms with Crippen molar-refractivity contribution in [1.82, 2.24) is 10.2 Å². The molecule has 0 radical (unpaired) electrons. The summed E-state index contributed by atoms with van der Waals surface area (Å²) in [7, 11) is 3.93. The van der Waals surface area contributed by atoms with Crippen molar-refractivity contribution >= 4 is 0 Å². The highest BCUT2D eigenvalue weighted by Gasteiger charge is 2.16. The standard InChI is InChI=1S/C12H28N2O/c1-7-13-11(9-15-6)8-14(5)10-12(2,3)4/h11,13H,7-10H2,1-6H3. The van der Waals surface area contributed by atoms with Crippen LogP contribution in [-0.2, 0) is 4.74 Å². The Hall–Kier alpha value is -0.120. The molecule has 1 atom stereocenters. The first-order chi connectivity index (χ1) is 6.89. The minimum atomic E-state index is 0.360. The summed E-state index contributed by atoms with van der Waals surface area (Å²) in [4.78, 5) is 2.37. The van der Waals surface area contributed by atoms with Gasteiger partial charge in [-0.2, -0.15) is 0 Å². The van der Waals surface area contributed by atoms with Gasteiger partial charge in [-0.25, -0.2) is 0 Å². The van der Waals surface area contributed by atoms with Gasteiger partial charge in [0.25, 0.3) is 0 Å². The number of hydrogen-bond acceptors (Lipinski definition) is 3. The van der Waals surface area contributed by atoms with E-state index in [0.29, 0.717) is 11.5 Å². The van der Waals surface area contributed by atoms with Crippen LogP contribution in [0.15, 0.2) is 0 Å². The van der Waals surface area contributed by atoms with Gasteiger partial charge in [0.15, 0.2) is 0 Å². The van der Waals surface area contributed by atoms with Crippen molar-refractivity contribution in [3.8, 4) is 0 Å². The van der Waals surface area contributed by atoms with Crippen molar-refractivity contribution in [2.24, 2.45) is 5.41 Å². The molecule has 0 aromatic heterocycles. The summed E-state index contributed by atoms with van der Waals surface area (Å²) in [6.07, 6.45) is 0. The van der Waals surface area contributed by atoms with Gasteiger partial charge in [-0.3, -0.25) is 0 Å². The molecule has 1 unspecified atom stereocenters. The number of likely N-dealkylation sites (N-methyl/N-ethyl adjacent to an activating group) is 2. The van der Waals surface area contributed by atoms with Crippen LogP contribution in [0.5, 0.6) is 0 Å². The lowest BCUT2D eigenvalue weighted by molar-refractivity contribution is 0.134. The van der Waals surface area contributed by atoms with Crippen molar-refractivity contribution < 1.29 is 4.74 Å².